The Morgan fingerprint density at radius 2 is 1.95 bits per heavy atom. The molecule has 0 spiro atoms. The van der Waals surface area contributed by atoms with Crippen LogP contribution >= 0.6 is 0 Å². The molecule has 1 aromatic rings. The molecule has 0 aliphatic carbocycles. The Balaban J connectivity index is 2.03. The van der Waals surface area contributed by atoms with Crippen LogP contribution in [0.3, 0.4) is 0 Å². The first-order valence-electron chi connectivity index (χ1n) is 5.70. The van der Waals surface area contributed by atoms with Crippen molar-refractivity contribution in [2.24, 2.45) is 5.16 Å². The van der Waals surface area contributed by atoms with E-state index in [1.165, 1.54) is 13.2 Å². The lowest BCUT2D eigenvalue weighted by Crippen LogP contribution is -2.45. The van der Waals surface area contributed by atoms with Gasteiger partial charge in [-0.3, -0.25) is 0 Å². The van der Waals surface area contributed by atoms with E-state index in [0.29, 0.717) is 5.75 Å². The number of allylic oxidation sites excluding steroid dienone is 1. The highest BCUT2D eigenvalue weighted by Gasteiger charge is 2.60. The fourth-order valence-corrected chi connectivity index (χ4v) is 1.59. The minimum Gasteiger partial charge on any atom is -0.497 e. The molecule has 2 rings (SSSR count). The SMILES string of the molecule is COc1ccc(/C=C/C2=NO[C@@](O)(C(F)(F)F)C2)cc1. The summed E-state index contributed by atoms with van der Waals surface area (Å²) in [6.07, 6.45) is -2.68. The molecule has 1 heterocycles. The van der Waals surface area contributed by atoms with Gasteiger partial charge in [-0.05, 0) is 23.8 Å². The topological polar surface area (TPSA) is 51.0 Å². The molecule has 0 fully saturated rings. The molecule has 1 aliphatic heterocycles. The van der Waals surface area contributed by atoms with Crippen molar-refractivity contribution in [1.82, 2.24) is 0 Å². The zero-order valence-corrected chi connectivity index (χ0v) is 10.5. The molecule has 0 saturated heterocycles. The number of hydrogen-bond acceptors (Lipinski definition) is 4. The second-order valence-corrected chi connectivity index (χ2v) is 4.24. The number of nitrogens with zero attached hydrogens (tertiary/aromatic N) is 1. The largest absolute Gasteiger partial charge is 0.497 e. The van der Waals surface area contributed by atoms with Crippen LogP contribution < -0.4 is 4.74 Å². The average Bonchev–Trinajstić information content (AvgIpc) is 2.80. The third kappa shape index (κ3) is 2.93. The summed E-state index contributed by atoms with van der Waals surface area (Å²) >= 11 is 0. The molecule has 0 bridgehead atoms. The van der Waals surface area contributed by atoms with Crippen LogP contribution in [0.15, 0.2) is 35.5 Å². The first-order valence-corrected chi connectivity index (χ1v) is 5.70. The minimum atomic E-state index is -4.88. The summed E-state index contributed by atoms with van der Waals surface area (Å²) in [5.74, 6) is -2.55. The highest BCUT2D eigenvalue weighted by Crippen LogP contribution is 2.38. The number of ether oxygens (including phenoxy) is 1. The molecule has 1 aliphatic rings. The van der Waals surface area contributed by atoms with Crippen LogP contribution in [-0.4, -0.2) is 29.9 Å². The second kappa shape index (κ2) is 5.16. The normalized spacial score (nSPS) is 22.8. The van der Waals surface area contributed by atoms with Crippen molar-refractivity contribution in [1.29, 1.82) is 0 Å². The van der Waals surface area contributed by atoms with Crippen molar-refractivity contribution in [3.63, 3.8) is 0 Å². The molecular formula is C13H12F3NO3. The van der Waals surface area contributed by atoms with E-state index in [1.807, 2.05) is 0 Å². The van der Waals surface area contributed by atoms with Gasteiger partial charge in [-0.15, -0.1) is 0 Å². The van der Waals surface area contributed by atoms with E-state index in [2.05, 4.69) is 9.99 Å². The van der Waals surface area contributed by atoms with E-state index in [0.717, 1.165) is 5.56 Å². The van der Waals surface area contributed by atoms with Crippen LogP contribution in [0.25, 0.3) is 6.08 Å². The number of alkyl halides is 3. The molecule has 7 heteroatoms. The Morgan fingerprint density at radius 1 is 1.30 bits per heavy atom. The van der Waals surface area contributed by atoms with Crippen LogP contribution in [-0.2, 0) is 4.84 Å². The van der Waals surface area contributed by atoms with Gasteiger partial charge < -0.3 is 14.7 Å². The molecule has 1 N–H and O–H groups in total. The average molecular weight is 287 g/mol. The van der Waals surface area contributed by atoms with Gasteiger partial charge in [0.2, 0.25) is 0 Å². The summed E-state index contributed by atoms with van der Waals surface area (Å²) in [5.41, 5.74) is 0.775. The molecular weight excluding hydrogens is 275 g/mol. The lowest BCUT2D eigenvalue weighted by molar-refractivity contribution is -0.355. The maximum absolute atomic E-state index is 12.5. The van der Waals surface area contributed by atoms with E-state index >= 15 is 0 Å². The molecule has 4 nitrogen and oxygen atoms in total. The number of halogens is 3. The van der Waals surface area contributed by atoms with E-state index in [-0.39, 0.29) is 5.71 Å². The van der Waals surface area contributed by atoms with Gasteiger partial charge in [0, 0.05) is 0 Å². The molecule has 108 valence electrons. The van der Waals surface area contributed by atoms with E-state index in [4.69, 9.17) is 4.74 Å². The van der Waals surface area contributed by atoms with Crippen LogP contribution in [0.5, 0.6) is 5.75 Å². The van der Waals surface area contributed by atoms with Gasteiger partial charge >= 0.3 is 12.0 Å². The Morgan fingerprint density at radius 3 is 2.45 bits per heavy atom. The highest BCUT2D eigenvalue weighted by atomic mass is 19.4. The van der Waals surface area contributed by atoms with Crippen molar-refractivity contribution >= 4 is 11.8 Å². The predicted octanol–water partition coefficient (Wildman–Crippen LogP) is 2.74. The minimum absolute atomic E-state index is 0.0145. The van der Waals surface area contributed by atoms with Gasteiger partial charge in [0.05, 0.1) is 19.2 Å². The number of rotatable bonds is 3. The first kappa shape index (κ1) is 14.4. The Kier molecular flexibility index (Phi) is 3.71. The molecule has 0 radical (unpaired) electrons. The van der Waals surface area contributed by atoms with Crippen molar-refractivity contribution in [3.05, 3.63) is 35.9 Å². The number of benzene rings is 1. The Bertz CT molecular complexity index is 537. The Labute approximate surface area is 113 Å². The number of methoxy groups -OCH3 is 1. The molecule has 1 aromatic carbocycles. The summed E-state index contributed by atoms with van der Waals surface area (Å²) in [5, 5.41) is 12.5. The Hall–Kier alpha value is -2.02. The van der Waals surface area contributed by atoms with Crippen molar-refractivity contribution in [2.45, 2.75) is 18.4 Å². The fraction of sp³-hybridized carbons (Fsp3) is 0.308. The number of aliphatic hydroxyl groups is 1. The van der Waals surface area contributed by atoms with Crippen LogP contribution in [0.2, 0.25) is 0 Å². The zero-order valence-electron chi connectivity index (χ0n) is 10.5. The summed E-state index contributed by atoms with van der Waals surface area (Å²) in [4.78, 5) is 4.09. The quantitative estimate of drug-likeness (QED) is 0.930. The zero-order chi connectivity index (χ0) is 14.8. The lowest BCUT2D eigenvalue weighted by Gasteiger charge is -2.22. The van der Waals surface area contributed by atoms with Gasteiger partial charge in [0.1, 0.15) is 5.75 Å². The fourth-order valence-electron chi connectivity index (χ4n) is 1.59. The molecule has 0 amide bonds. The molecule has 0 aromatic heterocycles. The standard InChI is InChI=1S/C13H12F3NO3/c1-19-11-6-3-9(4-7-11)2-5-10-8-12(18,20-17-10)13(14,15)16/h2-7,18H,8H2,1H3/b5-2+/t12-/m1/s1. The van der Waals surface area contributed by atoms with Gasteiger partial charge in [0.15, 0.2) is 0 Å². The van der Waals surface area contributed by atoms with E-state index in [1.54, 1.807) is 30.3 Å². The summed E-state index contributed by atoms with van der Waals surface area (Å²) in [7, 11) is 1.54. The lowest BCUT2D eigenvalue weighted by atomic mass is 10.1. The van der Waals surface area contributed by atoms with Gasteiger partial charge in [-0.2, -0.15) is 13.2 Å². The third-order valence-corrected chi connectivity index (χ3v) is 2.76. The van der Waals surface area contributed by atoms with Gasteiger partial charge in [0.25, 0.3) is 0 Å². The van der Waals surface area contributed by atoms with E-state index in [9.17, 15) is 18.3 Å². The third-order valence-electron chi connectivity index (χ3n) is 2.76. The second-order valence-electron chi connectivity index (χ2n) is 4.24. The highest BCUT2D eigenvalue weighted by molar-refractivity contribution is 5.99. The molecule has 0 saturated carbocycles. The van der Waals surface area contributed by atoms with Gasteiger partial charge in [-0.25, -0.2) is 0 Å². The van der Waals surface area contributed by atoms with Crippen molar-refractivity contribution in [2.75, 3.05) is 7.11 Å². The predicted molar refractivity (Wildman–Crippen MR) is 66.2 cm³/mol. The number of oxime groups is 1. The summed E-state index contributed by atoms with van der Waals surface area (Å²) < 4.78 is 42.4. The molecule has 0 unspecified atom stereocenters. The monoisotopic (exact) mass is 287 g/mol. The summed E-state index contributed by atoms with van der Waals surface area (Å²) in [6, 6.07) is 6.92. The molecule has 1 atom stereocenters. The van der Waals surface area contributed by atoms with Crippen molar-refractivity contribution in [3.8, 4) is 5.75 Å². The van der Waals surface area contributed by atoms with Gasteiger partial charge in [-0.1, -0.05) is 23.4 Å². The van der Waals surface area contributed by atoms with Crippen molar-refractivity contribution < 1.29 is 27.9 Å². The first-order chi connectivity index (χ1) is 9.34. The number of hydrogen-bond donors (Lipinski definition) is 1. The van der Waals surface area contributed by atoms with Crippen LogP contribution in [0.1, 0.15) is 12.0 Å². The maximum Gasteiger partial charge on any atom is 0.458 e. The maximum atomic E-state index is 12.5. The smallest absolute Gasteiger partial charge is 0.458 e. The van der Waals surface area contributed by atoms with Crippen LogP contribution in [0.4, 0.5) is 13.2 Å². The van der Waals surface area contributed by atoms with Crippen LogP contribution in [0, 0.1) is 0 Å². The van der Waals surface area contributed by atoms with E-state index < -0.39 is 18.4 Å². The summed E-state index contributed by atoms with van der Waals surface area (Å²) in [6.45, 7) is 0. The molecule has 20 heavy (non-hydrogen) atoms.